The van der Waals surface area contributed by atoms with Crippen molar-refractivity contribution in [2.75, 3.05) is 5.32 Å². The molecule has 0 atom stereocenters. The first-order valence-electron chi connectivity index (χ1n) is 7.48. The van der Waals surface area contributed by atoms with Crippen LogP contribution < -0.4 is 5.32 Å². The summed E-state index contributed by atoms with van der Waals surface area (Å²) in [4.78, 5) is 16.9. The van der Waals surface area contributed by atoms with Crippen molar-refractivity contribution >= 4 is 38.1 Å². The molecule has 4 rings (SSSR count). The van der Waals surface area contributed by atoms with Crippen LogP contribution in [0.25, 0.3) is 0 Å². The Labute approximate surface area is 148 Å². The van der Waals surface area contributed by atoms with Gasteiger partial charge in [0.25, 0.3) is 15.9 Å². The number of anilines is 2. The summed E-state index contributed by atoms with van der Waals surface area (Å²) in [7, 11) is -3.82. The third kappa shape index (κ3) is 2.79. The van der Waals surface area contributed by atoms with Gasteiger partial charge in [0.15, 0.2) is 5.13 Å². The molecule has 6 nitrogen and oxygen atoms in total. The van der Waals surface area contributed by atoms with Crippen LogP contribution in [0.3, 0.4) is 0 Å². The van der Waals surface area contributed by atoms with Crippen LogP contribution in [-0.2, 0) is 16.6 Å². The van der Waals surface area contributed by atoms with E-state index in [0.29, 0.717) is 10.8 Å². The van der Waals surface area contributed by atoms with E-state index in [9.17, 15) is 13.2 Å². The van der Waals surface area contributed by atoms with E-state index >= 15 is 0 Å². The van der Waals surface area contributed by atoms with Gasteiger partial charge in [0.1, 0.15) is 4.90 Å². The van der Waals surface area contributed by atoms with E-state index in [4.69, 9.17) is 0 Å². The fourth-order valence-corrected chi connectivity index (χ4v) is 4.88. The zero-order chi connectivity index (χ0) is 17.4. The summed E-state index contributed by atoms with van der Waals surface area (Å²) in [6, 6.07) is 15.8. The van der Waals surface area contributed by atoms with Crippen molar-refractivity contribution in [3.63, 3.8) is 0 Å². The molecule has 0 saturated carbocycles. The van der Waals surface area contributed by atoms with Gasteiger partial charge in [-0.2, -0.15) is 0 Å². The SMILES string of the molecule is O=C1c2ccccc2S(=O)(=O)N1Cc1csc(Nc2ccccc2)n1. The largest absolute Gasteiger partial charge is 0.332 e. The van der Waals surface area contributed by atoms with E-state index in [-0.39, 0.29) is 17.0 Å². The lowest BCUT2D eigenvalue weighted by Crippen LogP contribution is -2.29. The van der Waals surface area contributed by atoms with Crippen LogP contribution in [0, 0.1) is 0 Å². The van der Waals surface area contributed by atoms with E-state index in [1.165, 1.54) is 23.5 Å². The van der Waals surface area contributed by atoms with Crippen LogP contribution in [0.2, 0.25) is 0 Å². The van der Waals surface area contributed by atoms with Crippen LogP contribution in [0.5, 0.6) is 0 Å². The number of carbonyl (C=O) groups is 1. The Morgan fingerprint density at radius 3 is 2.52 bits per heavy atom. The minimum Gasteiger partial charge on any atom is -0.332 e. The molecule has 1 aromatic heterocycles. The monoisotopic (exact) mass is 371 g/mol. The van der Waals surface area contributed by atoms with Crippen molar-refractivity contribution in [3.05, 3.63) is 71.2 Å². The number of carbonyl (C=O) groups excluding carboxylic acids is 1. The molecular formula is C17H13N3O3S2. The summed E-state index contributed by atoms with van der Waals surface area (Å²) >= 11 is 1.36. The van der Waals surface area contributed by atoms with Crippen molar-refractivity contribution < 1.29 is 13.2 Å². The molecule has 0 aliphatic carbocycles. The highest BCUT2D eigenvalue weighted by atomic mass is 32.2. The molecule has 3 aromatic rings. The Balaban J connectivity index is 1.57. The van der Waals surface area contributed by atoms with Gasteiger partial charge in [-0.3, -0.25) is 4.79 Å². The molecule has 1 N–H and O–H groups in total. The molecule has 2 heterocycles. The van der Waals surface area contributed by atoms with Gasteiger partial charge >= 0.3 is 0 Å². The van der Waals surface area contributed by atoms with E-state index in [1.54, 1.807) is 17.5 Å². The number of para-hydroxylation sites is 1. The number of fused-ring (bicyclic) bond motifs is 1. The molecule has 126 valence electrons. The van der Waals surface area contributed by atoms with Crippen molar-refractivity contribution in [3.8, 4) is 0 Å². The lowest BCUT2D eigenvalue weighted by Gasteiger charge is -2.13. The quantitative estimate of drug-likeness (QED) is 0.762. The van der Waals surface area contributed by atoms with E-state index in [1.807, 2.05) is 30.3 Å². The summed E-state index contributed by atoms with van der Waals surface area (Å²) in [5.41, 5.74) is 1.62. The Morgan fingerprint density at radius 2 is 1.76 bits per heavy atom. The molecule has 1 aliphatic heterocycles. The number of benzene rings is 2. The highest BCUT2D eigenvalue weighted by molar-refractivity contribution is 7.90. The molecule has 0 bridgehead atoms. The summed E-state index contributed by atoms with van der Waals surface area (Å²) < 4.78 is 26.0. The fourth-order valence-electron chi connectivity index (χ4n) is 2.62. The lowest BCUT2D eigenvalue weighted by molar-refractivity contribution is 0.0864. The zero-order valence-electron chi connectivity index (χ0n) is 12.9. The van der Waals surface area contributed by atoms with Crippen LogP contribution in [0.15, 0.2) is 64.9 Å². The van der Waals surface area contributed by atoms with Gasteiger partial charge in [0.2, 0.25) is 0 Å². The Bertz CT molecular complexity index is 1050. The molecular weight excluding hydrogens is 358 g/mol. The van der Waals surface area contributed by atoms with Crippen molar-refractivity contribution in [2.24, 2.45) is 0 Å². The second-order valence-electron chi connectivity index (χ2n) is 5.45. The molecule has 25 heavy (non-hydrogen) atoms. The first-order valence-corrected chi connectivity index (χ1v) is 9.80. The molecule has 1 aliphatic rings. The maximum atomic E-state index is 12.6. The van der Waals surface area contributed by atoms with Gasteiger partial charge in [-0.1, -0.05) is 30.3 Å². The number of nitrogens with zero attached hydrogens (tertiary/aromatic N) is 2. The normalized spacial score (nSPS) is 15.2. The Morgan fingerprint density at radius 1 is 1.04 bits per heavy atom. The Hall–Kier alpha value is -2.71. The van der Waals surface area contributed by atoms with Crippen LogP contribution in [0.1, 0.15) is 16.1 Å². The molecule has 0 radical (unpaired) electrons. The van der Waals surface area contributed by atoms with Gasteiger partial charge < -0.3 is 5.32 Å². The summed E-state index contributed by atoms with van der Waals surface area (Å²) in [5.74, 6) is -0.513. The number of sulfonamides is 1. The van der Waals surface area contributed by atoms with Crippen LogP contribution >= 0.6 is 11.3 Å². The minimum atomic E-state index is -3.82. The molecule has 2 aromatic carbocycles. The van der Waals surface area contributed by atoms with E-state index in [2.05, 4.69) is 10.3 Å². The lowest BCUT2D eigenvalue weighted by atomic mass is 10.2. The summed E-state index contributed by atoms with van der Waals surface area (Å²) in [5, 5.41) is 5.54. The molecule has 8 heteroatoms. The molecule has 1 amide bonds. The topological polar surface area (TPSA) is 79.4 Å². The maximum absolute atomic E-state index is 12.6. The number of hydrogen-bond acceptors (Lipinski definition) is 6. The van der Waals surface area contributed by atoms with Crippen LogP contribution in [0.4, 0.5) is 10.8 Å². The van der Waals surface area contributed by atoms with Gasteiger partial charge in [-0.25, -0.2) is 17.7 Å². The first kappa shape index (κ1) is 15.8. The van der Waals surface area contributed by atoms with Crippen LogP contribution in [-0.4, -0.2) is 23.6 Å². The van der Waals surface area contributed by atoms with Crippen molar-refractivity contribution in [1.82, 2.24) is 9.29 Å². The number of hydrogen-bond donors (Lipinski definition) is 1. The van der Waals surface area contributed by atoms with Gasteiger partial charge in [-0.15, -0.1) is 11.3 Å². The maximum Gasteiger partial charge on any atom is 0.269 e. The van der Waals surface area contributed by atoms with Crippen molar-refractivity contribution in [1.29, 1.82) is 0 Å². The molecule has 0 unspecified atom stereocenters. The number of nitrogens with one attached hydrogen (secondary N) is 1. The number of aromatic nitrogens is 1. The second kappa shape index (κ2) is 5.98. The van der Waals surface area contributed by atoms with Gasteiger partial charge in [0, 0.05) is 11.1 Å². The number of thiazole rings is 1. The third-order valence-corrected chi connectivity index (χ3v) is 6.39. The predicted molar refractivity (Wildman–Crippen MR) is 95.3 cm³/mol. The molecule has 0 fully saturated rings. The highest BCUT2D eigenvalue weighted by Gasteiger charge is 2.41. The van der Waals surface area contributed by atoms with Crippen molar-refractivity contribution in [2.45, 2.75) is 11.4 Å². The second-order valence-corrected chi connectivity index (χ2v) is 8.14. The third-order valence-electron chi connectivity index (χ3n) is 3.79. The minimum absolute atomic E-state index is 0.0536. The average molecular weight is 371 g/mol. The van der Waals surface area contributed by atoms with E-state index < -0.39 is 15.9 Å². The fraction of sp³-hybridized carbons (Fsp3) is 0.0588. The molecule has 0 spiro atoms. The standard InChI is InChI=1S/C17H13N3O3S2/c21-16-14-8-4-5-9-15(14)25(22,23)20(16)10-13-11-24-17(19-13)18-12-6-2-1-3-7-12/h1-9,11H,10H2,(H,18,19). The first-order chi connectivity index (χ1) is 12.1. The summed E-state index contributed by atoms with van der Waals surface area (Å²) in [6.07, 6.45) is 0. The van der Waals surface area contributed by atoms with E-state index in [0.717, 1.165) is 9.99 Å². The zero-order valence-corrected chi connectivity index (χ0v) is 14.5. The number of amides is 1. The molecule has 0 saturated heterocycles. The van der Waals surface area contributed by atoms with Gasteiger partial charge in [0.05, 0.1) is 17.8 Å². The average Bonchev–Trinajstić information content (AvgIpc) is 3.13. The van der Waals surface area contributed by atoms with Gasteiger partial charge in [-0.05, 0) is 24.3 Å². The smallest absolute Gasteiger partial charge is 0.269 e. The number of rotatable bonds is 4. The highest BCUT2D eigenvalue weighted by Crippen LogP contribution is 2.32. The predicted octanol–water partition coefficient (Wildman–Crippen LogP) is 3.23. The Kier molecular flexibility index (Phi) is 3.78. The summed E-state index contributed by atoms with van der Waals surface area (Å²) in [6.45, 7) is -0.0805.